The van der Waals surface area contributed by atoms with Crippen LogP contribution in [0.1, 0.15) is 31.0 Å². The standard InChI is InChI=1S/C20H29N5O2/c1-20(2)15-24(9-10-25(20)11-12-26)19(27)22-18(16-7-5-4-6-8-16)17-13-21-23(3)14-17/h4-8,13-14,18,26H,9-12,15H2,1-3H3,(H,22,27). The fourth-order valence-electron chi connectivity index (χ4n) is 3.71. The van der Waals surface area contributed by atoms with Gasteiger partial charge in [-0.05, 0) is 19.4 Å². The molecule has 1 aromatic carbocycles. The number of benzene rings is 1. The summed E-state index contributed by atoms with van der Waals surface area (Å²) >= 11 is 0. The van der Waals surface area contributed by atoms with Crippen molar-refractivity contribution in [2.45, 2.75) is 25.4 Å². The summed E-state index contributed by atoms with van der Waals surface area (Å²) in [7, 11) is 1.87. The molecule has 0 spiro atoms. The normalized spacial score (nSPS) is 18.3. The lowest BCUT2D eigenvalue weighted by Gasteiger charge is -2.47. The first-order valence-corrected chi connectivity index (χ1v) is 9.35. The molecule has 1 aromatic heterocycles. The van der Waals surface area contributed by atoms with Gasteiger partial charge in [-0.25, -0.2) is 4.79 Å². The van der Waals surface area contributed by atoms with Gasteiger partial charge in [0.05, 0.1) is 18.8 Å². The molecule has 3 rings (SSSR count). The molecule has 1 fully saturated rings. The molecule has 0 saturated carbocycles. The largest absolute Gasteiger partial charge is 0.395 e. The molecular weight excluding hydrogens is 342 g/mol. The summed E-state index contributed by atoms with van der Waals surface area (Å²) < 4.78 is 1.74. The zero-order valence-electron chi connectivity index (χ0n) is 16.3. The molecule has 1 aliphatic rings. The number of aliphatic hydroxyl groups is 1. The summed E-state index contributed by atoms with van der Waals surface area (Å²) in [6.07, 6.45) is 3.72. The van der Waals surface area contributed by atoms with Crippen molar-refractivity contribution in [2.75, 3.05) is 32.8 Å². The molecule has 27 heavy (non-hydrogen) atoms. The van der Waals surface area contributed by atoms with E-state index in [-0.39, 0.29) is 24.2 Å². The highest BCUT2D eigenvalue weighted by atomic mass is 16.3. The lowest BCUT2D eigenvalue weighted by atomic mass is 9.98. The van der Waals surface area contributed by atoms with Crippen molar-refractivity contribution in [1.82, 2.24) is 24.9 Å². The van der Waals surface area contributed by atoms with E-state index in [0.717, 1.165) is 17.7 Å². The van der Waals surface area contributed by atoms with Crippen molar-refractivity contribution >= 4 is 6.03 Å². The molecule has 7 nitrogen and oxygen atoms in total. The maximum Gasteiger partial charge on any atom is 0.318 e. The number of piperazine rings is 1. The molecular formula is C20H29N5O2. The highest BCUT2D eigenvalue weighted by Crippen LogP contribution is 2.24. The second-order valence-corrected chi connectivity index (χ2v) is 7.69. The lowest BCUT2D eigenvalue weighted by Crippen LogP contribution is -2.62. The molecule has 2 heterocycles. The van der Waals surface area contributed by atoms with Crippen LogP contribution in [-0.2, 0) is 7.05 Å². The number of hydrogen-bond donors (Lipinski definition) is 2. The number of aryl methyl sites for hydroxylation is 1. The molecule has 7 heteroatoms. The van der Waals surface area contributed by atoms with Crippen LogP contribution in [0.3, 0.4) is 0 Å². The van der Waals surface area contributed by atoms with Crippen molar-refractivity contribution in [2.24, 2.45) is 7.05 Å². The average Bonchev–Trinajstić information content (AvgIpc) is 3.07. The van der Waals surface area contributed by atoms with E-state index >= 15 is 0 Å². The Bertz CT molecular complexity index is 759. The van der Waals surface area contributed by atoms with Gasteiger partial charge in [0.2, 0.25) is 0 Å². The Balaban J connectivity index is 1.75. The quantitative estimate of drug-likeness (QED) is 0.837. The summed E-state index contributed by atoms with van der Waals surface area (Å²) in [5, 5.41) is 16.7. The van der Waals surface area contributed by atoms with Crippen LogP contribution in [0.5, 0.6) is 0 Å². The van der Waals surface area contributed by atoms with E-state index in [0.29, 0.717) is 19.6 Å². The van der Waals surface area contributed by atoms with Gasteiger partial charge in [-0.3, -0.25) is 9.58 Å². The van der Waals surface area contributed by atoms with Crippen molar-refractivity contribution in [3.63, 3.8) is 0 Å². The Morgan fingerprint density at radius 1 is 1.26 bits per heavy atom. The Morgan fingerprint density at radius 3 is 2.59 bits per heavy atom. The van der Waals surface area contributed by atoms with Gasteiger partial charge in [0, 0.05) is 50.5 Å². The Morgan fingerprint density at radius 2 is 2.00 bits per heavy atom. The first-order chi connectivity index (χ1) is 12.9. The zero-order chi connectivity index (χ0) is 19.4. The molecule has 146 valence electrons. The van der Waals surface area contributed by atoms with E-state index in [4.69, 9.17) is 0 Å². The molecule has 1 saturated heterocycles. The molecule has 0 radical (unpaired) electrons. The van der Waals surface area contributed by atoms with Crippen LogP contribution < -0.4 is 5.32 Å². The van der Waals surface area contributed by atoms with Gasteiger partial charge >= 0.3 is 6.03 Å². The van der Waals surface area contributed by atoms with Crippen LogP contribution in [0.15, 0.2) is 42.7 Å². The number of amides is 2. The van der Waals surface area contributed by atoms with Crippen LogP contribution in [0.25, 0.3) is 0 Å². The fraction of sp³-hybridized carbons (Fsp3) is 0.500. The number of aliphatic hydroxyl groups excluding tert-OH is 1. The van der Waals surface area contributed by atoms with Gasteiger partial charge in [0.25, 0.3) is 0 Å². The summed E-state index contributed by atoms with van der Waals surface area (Å²) in [6.45, 7) is 6.99. The molecule has 1 atom stereocenters. The molecule has 2 aromatic rings. The van der Waals surface area contributed by atoms with Gasteiger partial charge in [0.15, 0.2) is 0 Å². The topological polar surface area (TPSA) is 73.6 Å². The zero-order valence-corrected chi connectivity index (χ0v) is 16.3. The summed E-state index contributed by atoms with van der Waals surface area (Å²) in [5.74, 6) is 0. The van der Waals surface area contributed by atoms with E-state index in [1.165, 1.54) is 0 Å². The Kier molecular flexibility index (Phi) is 5.82. The molecule has 2 N–H and O–H groups in total. The minimum Gasteiger partial charge on any atom is -0.395 e. The van der Waals surface area contributed by atoms with Crippen molar-refractivity contribution in [3.05, 3.63) is 53.9 Å². The van der Waals surface area contributed by atoms with E-state index < -0.39 is 0 Å². The maximum absolute atomic E-state index is 13.0. The summed E-state index contributed by atoms with van der Waals surface area (Å²) in [4.78, 5) is 17.1. The van der Waals surface area contributed by atoms with Gasteiger partial charge < -0.3 is 15.3 Å². The Hall–Kier alpha value is -2.38. The fourth-order valence-corrected chi connectivity index (χ4v) is 3.71. The van der Waals surface area contributed by atoms with Crippen molar-refractivity contribution in [3.8, 4) is 0 Å². The second kappa shape index (κ2) is 8.10. The lowest BCUT2D eigenvalue weighted by molar-refractivity contribution is 0.0241. The average molecular weight is 371 g/mol. The summed E-state index contributed by atoms with van der Waals surface area (Å²) in [6, 6.07) is 9.62. The molecule has 0 aliphatic carbocycles. The third-order valence-corrected chi connectivity index (χ3v) is 5.19. The van der Waals surface area contributed by atoms with Crippen LogP contribution in [0.4, 0.5) is 4.79 Å². The SMILES string of the molecule is Cn1cc(C(NC(=O)N2CCN(CCO)C(C)(C)C2)c2ccccc2)cn1. The predicted molar refractivity (Wildman–Crippen MR) is 104 cm³/mol. The minimum absolute atomic E-state index is 0.0792. The monoisotopic (exact) mass is 371 g/mol. The number of carbonyl (C=O) groups excluding carboxylic acids is 1. The van der Waals surface area contributed by atoms with Crippen molar-refractivity contribution in [1.29, 1.82) is 0 Å². The third kappa shape index (κ3) is 4.48. The predicted octanol–water partition coefficient (Wildman–Crippen LogP) is 1.61. The van der Waals surface area contributed by atoms with E-state index in [9.17, 15) is 9.90 Å². The van der Waals surface area contributed by atoms with E-state index in [2.05, 4.69) is 29.2 Å². The van der Waals surface area contributed by atoms with Crippen LogP contribution >= 0.6 is 0 Å². The molecule has 1 aliphatic heterocycles. The number of β-amino-alcohol motifs (C(OH)–C–C–N with tert-alkyl or cyclic N) is 1. The van der Waals surface area contributed by atoms with Gasteiger partial charge in [-0.1, -0.05) is 30.3 Å². The number of hydrogen-bond acceptors (Lipinski definition) is 4. The second-order valence-electron chi connectivity index (χ2n) is 7.69. The first kappa shape index (κ1) is 19.4. The molecule has 2 amide bonds. The number of urea groups is 1. The molecule has 1 unspecified atom stereocenters. The first-order valence-electron chi connectivity index (χ1n) is 9.35. The van der Waals surface area contributed by atoms with Gasteiger partial charge in [-0.15, -0.1) is 0 Å². The van der Waals surface area contributed by atoms with E-state index in [1.807, 2.05) is 48.5 Å². The number of rotatable bonds is 5. The van der Waals surface area contributed by atoms with Crippen LogP contribution in [0, 0.1) is 0 Å². The highest BCUT2D eigenvalue weighted by Gasteiger charge is 2.35. The minimum atomic E-state index is -0.244. The maximum atomic E-state index is 13.0. The number of carbonyl (C=O) groups is 1. The van der Waals surface area contributed by atoms with Gasteiger partial charge in [0.1, 0.15) is 0 Å². The Labute approximate surface area is 160 Å². The summed E-state index contributed by atoms with van der Waals surface area (Å²) in [5.41, 5.74) is 1.81. The van der Waals surface area contributed by atoms with Crippen molar-refractivity contribution < 1.29 is 9.90 Å². The highest BCUT2D eigenvalue weighted by molar-refractivity contribution is 5.75. The van der Waals surface area contributed by atoms with Gasteiger partial charge in [-0.2, -0.15) is 5.10 Å². The van der Waals surface area contributed by atoms with Crippen LogP contribution in [-0.4, -0.2) is 69.0 Å². The smallest absolute Gasteiger partial charge is 0.318 e. The third-order valence-electron chi connectivity index (χ3n) is 5.19. The number of aromatic nitrogens is 2. The van der Waals surface area contributed by atoms with E-state index in [1.54, 1.807) is 10.9 Å². The van der Waals surface area contributed by atoms with Crippen LogP contribution in [0.2, 0.25) is 0 Å². The number of nitrogens with zero attached hydrogens (tertiary/aromatic N) is 4. The number of nitrogens with one attached hydrogen (secondary N) is 1. The molecule has 0 bridgehead atoms.